The van der Waals surface area contributed by atoms with Crippen LogP contribution in [0.4, 0.5) is 10.6 Å². The average molecular weight is 511 g/mol. The Labute approximate surface area is 217 Å². The van der Waals surface area contributed by atoms with Crippen molar-refractivity contribution in [3.8, 4) is 5.69 Å². The molecule has 1 amide bonds. The van der Waals surface area contributed by atoms with Gasteiger partial charge < -0.3 is 14.5 Å². The highest BCUT2D eigenvalue weighted by atomic mass is 35.5. The number of ether oxygens (including phenoxy) is 1. The number of carbonyl (C=O) groups is 1. The van der Waals surface area contributed by atoms with Gasteiger partial charge in [-0.25, -0.2) is 9.59 Å². The van der Waals surface area contributed by atoms with E-state index in [9.17, 15) is 9.59 Å². The lowest BCUT2D eigenvalue weighted by Crippen LogP contribution is -2.55. The molecule has 0 spiro atoms. The van der Waals surface area contributed by atoms with Gasteiger partial charge in [0.15, 0.2) is 0 Å². The van der Waals surface area contributed by atoms with E-state index in [0.29, 0.717) is 30.5 Å². The summed E-state index contributed by atoms with van der Waals surface area (Å²) in [6.07, 6.45) is 1.27. The molecule has 0 saturated carbocycles. The SMILES string of the molecule is CCc1cccc(CC)c1-n1c(=O)nc(N2CCN(C(=O)OC(C)(C)C)C[C@@H]2C)c2ccc(Cl)cc21. The topological polar surface area (TPSA) is 67.7 Å². The van der Waals surface area contributed by atoms with Crippen LogP contribution in [0.25, 0.3) is 16.6 Å². The van der Waals surface area contributed by atoms with Gasteiger partial charge in [-0.2, -0.15) is 4.98 Å². The van der Waals surface area contributed by atoms with Crippen LogP contribution in [-0.2, 0) is 17.6 Å². The van der Waals surface area contributed by atoms with E-state index in [4.69, 9.17) is 16.3 Å². The molecule has 7 nitrogen and oxygen atoms in total. The van der Waals surface area contributed by atoms with Gasteiger partial charge in [-0.3, -0.25) is 4.57 Å². The number of para-hydroxylation sites is 1. The summed E-state index contributed by atoms with van der Waals surface area (Å²) < 4.78 is 7.27. The van der Waals surface area contributed by atoms with Gasteiger partial charge in [0.25, 0.3) is 0 Å². The highest BCUT2D eigenvalue weighted by Gasteiger charge is 2.32. The first-order valence-corrected chi connectivity index (χ1v) is 13.0. The Morgan fingerprint density at radius 2 is 1.78 bits per heavy atom. The highest BCUT2D eigenvalue weighted by molar-refractivity contribution is 6.31. The third kappa shape index (κ3) is 5.07. The number of fused-ring (bicyclic) bond motifs is 1. The molecular weight excluding hydrogens is 476 g/mol. The summed E-state index contributed by atoms with van der Waals surface area (Å²) in [7, 11) is 0. The number of nitrogens with zero attached hydrogens (tertiary/aromatic N) is 4. The standard InChI is InChI=1S/C28H35ClN4O3/c1-7-19-10-9-11-20(8-2)24(19)33-23-16-21(29)12-13-22(23)25(30-26(33)34)32-15-14-31(17-18(32)3)27(35)36-28(4,5)6/h9-13,16,18H,7-8,14-15,17H2,1-6H3/t18-/m0/s1. The van der Waals surface area contributed by atoms with Crippen LogP contribution in [0, 0.1) is 0 Å². The molecule has 2 aromatic carbocycles. The number of anilines is 1. The van der Waals surface area contributed by atoms with Crippen LogP contribution >= 0.6 is 11.6 Å². The number of piperazine rings is 1. The van der Waals surface area contributed by atoms with Crippen molar-refractivity contribution in [2.24, 2.45) is 0 Å². The molecule has 0 unspecified atom stereocenters. The summed E-state index contributed by atoms with van der Waals surface area (Å²) in [5, 5.41) is 1.41. The molecule has 0 N–H and O–H groups in total. The summed E-state index contributed by atoms with van der Waals surface area (Å²) in [5.41, 5.74) is 2.91. The van der Waals surface area contributed by atoms with Crippen LogP contribution in [-0.4, -0.2) is 51.8 Å². The van der Waals surface area contributed by atoms with Crippen LogP contribution in [0.5, 0.6) is 0 Å². The van der Waals surface area contributed by atoms with Crippen LogP contribution in [0.3, 0.4) is 0 Å². The number of benzene rings is 2. The third-order valence-corrected chi connectivity index (χ3v) is 6.81. The number of amides is 1. The molecule has 36 heavy (non-hydrogen) atoms. The van der Waals surface area contributed by atoms with Gasteiger partial charge >= 0.3 is 11.8 Å². The Balaban J connectivity index is 1.81. The van der Waals surface area contributed by atoms with Gasteiger partial charge in [0.1, 0.15) is 11.4 Å². The monoisotopic (exact) mass is 510 g/mol. The Morgan fingerprint density at radius 1 is 1.11 bits per heavy atom. The minimum Gasteiger partial charge on any atom is -0.444 e. The molecule has 1 fully saturated rings. The Morgan fingerprint density at radius 3 is 2.36 bits per heavy atom. The second kappa shape index (κ2) is 10.1. The van der Waals surface area contributed by atoms with Crippen molar-refractivity contribution in [1.29, 1.82) is 0 Å². The van der Waals surface area contributed by atoms with Crippen molar-refractivity contribution >= 4 is 34.4 Å². The van der Waals surface area contributed by atoms with Crippen molar-refractivity contribution in [2.45, 2.75) is 66.0 Å². The lowest BCUT2D eigenvalue weighted by Gasteiger charge is -2.41. The first-order valence-electron chi connectivity index (χ1n) is 12.6. The van der Waals surface area contributed by atoms with Crippen LogP contribution in [0.1, 0.15) is 52.7 Å². The minimum absolute atomic E-state index is 0.0537. The Kier molecular flexibility index (Phi) is 7.32. The average Bonchev–Trinajstić information content (AvgIpc) is 2.82. The molecule has 1 aliphatic rings. The van der Waals surface area contributed by atoms with Crippen molar-refractivity contribution in [1.82, 2.24) is 14.5 Å². The predicted octanol–water partition coefficient (Wildman–Crippen LogP) is 5.61. The molecule has 8 heteroatoms. The van der Waals surface area contributed by atoms with E-state index in [1.807, 2.05) is 52.0 Å². The fourth-order valence-corrected chi connectivity index (χ4v) is 5.05. The molecule has 1 saturated heterocycles. The second-order valence-corrected chi connectivity index (χ2v) is 10.8. The quantitative estimate of drug-likeness (QED) is 0.456. The molecule has 0 bridgehead atoms. The molecule has 0 aliphatic carbocycles. The van der Waals surface area contributed by atoms with Crippen molar-refractivity contribution in [2.75, 3.05) is 24.5 Å². The van der Waals surface area contributed by atoms with Gasteiger partial charge in [-0.05, 0) is 69.9 Å². The van der Waals surface area contributed by atoms with Crippen LogP contribution in [0.15, 0.2) is 41.2 Å². The van der Waals surface area contributed by atoms with Gasteiger partial charge in [0.2, 0.25) is 0 Å². The maximum atomic E-state index is 13.7. The van der Waals surface area contributed by atoms with Gasteiger partial charge in [-0.1, -0.05) is 43.6 Å². The van der Waals surface area contributed by atoms with Gasteiger partial charge in [-0.15, -0.1) is 0 Å². The molecule has 4 rings (SSSR count). The minimum atomic E-state index is -0.550. The number of hydrogen-bond donors (Lipinski definition) is 0. The largest absolute Gasteiger partial charge is 0.444 e. The van der Waals surface area contributed by atoms with E-state index in [2.05, 4.69) is 35.9 Å². The van der Waals surface area contributed by atoms with Crippen LogP contribution in [0.2, 0.25) is 5.02 Å². The summed E-state index contributed by atoms with van der Waals surface area (Å²) >= 11 is 6.44. The van der Waals surface area contributed by atoms with E-state index in [1.54, 1.807) is 9.47 Å². The highest BCUT2D eigenvalue weighted by Crippen LogP contribution is 2.32. The number of hydrogen-bond acceptors (Lipinski definition) is 5. The summed E-state index contributed by atoms with van der Waals surface area (Å²) in [6, 6.07) is 11.7. The van der Waals surface area contributed by atoms with Gasteiger partial charge in [0.05, 0.1) is 11.2 Å². The lowest BCUT2D eigenvalue weighted by atomic mass is 10.0. The molecule has 1 atom stereocenters. The third-order valence-electron chi connectivity index (χ3n) is 6.57. The first-order chi connectivity index (χ1) is 17.0. The van der Waals surface area contributed by atoms with E-state index in [-0.39, 0.29) is 17.8 Å². The summed E-state index contributed by atoms with van der Waals surface area (Å²) in [5.74, 6) is 0.617. The molecule has 2 heterocycles. The van der Waals surface area contributed by atoms with E-state index in [1.165, 1.54) is 0 Å². The molecule has 192 valence electrons. The fourth-order valence-electron chi connectivity index (χ4n) is 4.88. The normalized spacial score (nSPS) is 16.5. The zero-order valence-corrected chi connectivity index (χ0v) is 22.7. The summed E-state index contributed by atoms with van der Waals surface area (Å²) in [6.45, 7) is 13.3. The molecule has 1 aromatic heterocycles. The second-order valence-electron chi connectivity index (χ2n) is 10.3. The maximum absolute atomic E-state index is 13.7. The number of halogens is 1. The number of aromatic nitrogens is 2. The van der Waals surface area contributed by atoms with Crippen molar-refractivity contribution in [3.63, 3.8) is 0 Å². The Bertz CT molecular complexity index is 1320. The first kappa shape index (κ1) is 26.0. The zero-order chi connectivity index (χ0) is 26.2. The number of carbonyl (C=O) groups excluding carboxylic acids is 1. The van der Waals surface area contributed by atoms with Gasteiger partial charge in [0, 0.05) is 36.1 Å². The molecule has 1 aliphatic heterocycles. The summed E-state index contributed by atoms with van der Waals surface area (Å²) in [4.78, 5) is 34.8. The van der Waals surface area contributed by atoms with E-state index < -0.39 is 5.60 Å². The number of aryl methyl sites for hydroxylation is 2. The van der Waals surface area contributed by atoms with E-state index >= 15 is 0 Å². The maximum Gasteiger partial charge on any atom is 0.410 e. The lowest BCUT2D eigenvalue weighted by molar-refractivity contribution is 0.0218. The fraction of sp³-hybridized carbons (Fsp3) is 0.464. The van der Waals surface area contributed by atoms with Crippen LogP contribution < -0.4 is 10.6 Å². The Hall–Kier alpha value is -3.06. The van der Waals surface area contributed by atoms with E-state index in [0.717, 1.165) is 40.6 Å². The smallest absolute Gasteiger partial charge is 0.410 e. The predicted molar refractivity (Wildman–Crippen MR) is 146 cm³/mol. The number of rotatable bonds is 4. The zero-order valence-electron chi connectivity index (χ0n) is 22.0. The molecule has 0 radical (unpaired) electrons. The molecular formula is C28H35ClN4O3. The van der Waals surface area contributed by atoms with Crippen molar-refractivity contribution < 1.29 is 9.53 Å². The van der Waals surface area contributed by atoms with Crippen molar-refractivity contribution in [3.05, 3.63) is 63.0 Å². The molecule has 3 aromatic rings.